The second kappa shape index (κ2) is 9.86. The third-order valence-electron chi connectivity index (χ3n) is 3.91. The lowest BCUT2D eigenvalue weighted by atomic mass is 9.99. The van der Waals surface area contributed by atoms with Crippen molar-refractivity contribution < 1.29 is 4.79 Å². The van der Waals surface area contributed by atoms with Crippen LogP contribution in [0.2, 0.25) is 0 Å². The molecular weight excluding hydrogens is 196 g/mol. The first-order valence-electron chi connectivity index (χ1n) is 7.37. The van der Waals surface area contributed by atoms with Crippen LogP contribution in [-0.2, 0) is 4.79 Å². The van der Waals surface area contributed by atoms with Gasteiger partial charge in [-0.15, -0.1) is 0 Å². The molecule has 1 rings (SSSR count). The van der Waals surface area contributed by atoms with Crippen molar-refractivity contribution in [3.63, 3.8) is 0 Å². The highest BCUT2D eigenvalue weighted by Gasteiger charge is 2.13. The predicted molar refractivity (Wildman–Crippen MR) is 69.6 cm³/mol. The lowest BCUT2D eigenvalue weighted by Crippen LogP contribution is -1.92. The summed E-state index contributed by atoms with van der Waals surface area (Å²) < 4.78 is 0. The van der Waals surface area contributed by atoms with Gasteiger partial charge in [0, 0.05) is 6.42 Å². The van der Waals surface area contributed by atoms with Crippen molar-refractivity contribution in [2.45, 2.75) is 83.5 Å². The normalized spacial score (nSPS) is 16.8. The molecule has 0 bridgehead atoms. The summed E-state index contributed by atoms with van der Waals surface area (Å²) in [7, 11) is 0. The second-order valence-corrected chi connectivity index (χ2v) is 5.37. The number of unbranched alkanes of at least 4 members (excludes halogenated alkanes) is 7. The zero-order chi connectivity index (χ0) is 11.5. The summed E-state index contributed by atoms with van der Waals surface area (Å²) in [5.41, 5.74) is 0. The third kappa shape index (κ3) is 7.03. The fourth-order valence-electron chi connectivity index (χ4n) is 2.84. The van der Waals surface area contributed by atoms with Gasteiger partial charge in [0.1, 0.15) is 6.29 Å². The average Bonchev–Trinajstić information content (AvgIpc) is 2.80. The Balaban J connectivity index is 1.72. The molecule has 94 valence electrons. The smallest absolute Gasteiger partial charge is 0.119 e. The number of carbonyl (C=O) groups is 1. The van der Waals surface area contributed by atoms with E-state index in [4.69, 9.17) is 0 Å². The minimum atomic E-state index is 0.766. The van der Waals surface area contributed by atoms with Gasteiger partial charge < -0.3 is 4.79 Å². The number of aldehydes is 1. The number of rotatable bonds is 10. The van der Waals surface area contributed by atoms with Crippen LogP contribution in [0.4, 0.5) is 0 Å². The highest BCUT2D eigenvalue weighted by Crippen LogP contribution is 2.29. The van der Waals surface area contributed by atoms with Crippen LogP contribution < -0.4 is 0 Å². The largest absolute Gasteiger partial charge is 0.303 e. The summed E-state index contributed by atoms with van der Waals surface area (Å²) in [6.07, 6.45) is 18.7. The molecule has 1 nitrogen and oxygen atoms in total. The quantitative estimate of drug-likeness (QED) is 0.381. The summed E-state index contributed by atoms with van der Waals surface area (Å²) in [6.45, 7) is 0. The van der Waals surface area contributed by atoms with Gasteiger partial charge in [-0.1, -0.05) is 70.6 Å². The maximum absolute atomic E-state index is 10.1. The van der Waals surface area contributed by atoms with Crippen LogP contribution in [-0.4, -0.2) is 6.29 Å². The summed E-state index contributed by atoms with van der Waals surface area (Å²) in [5, 5.41) is 0. The average molecular weight is 224 g/mol. The van der Waals surface area contributed by atoms with Crippen LogP contribution in [0.15, 0.2) is 0 Å². The summed E-state index contributed by atoms with van der Waals surface area (Å²) in [6, 6.07) is 0. The standard InChI is InChI=1S/C15H28O/c16-14-10-6-4-2-1-3-5-7-11-15-12-8-9-13-15/h14-15H,1-13H2. The van der Waals surface area contributed by atoms with Crippen molar-refractivity contribution in [1.29, 1.82) is 0 Å². The molecule has 1 fully saturated rings. The molecule has 1 heteroatoms. The molecule has 0 aromatic carbocycles. The van der Waals surface area contributed by atoms with E-state index in [1.54, 1.807) is 0 Å². The Hall–Kier alpha value is -0.330. The predicted octanol–water partition coefficient (Wildman–Crippen LogP) is 4.89. The molecule has 0 unspecified atom stereocenters. The van der Waals surface area contributed by atoms with Gasteiger partial charge >= 0.3 is 0 Å². The molecule has 1 aliphatic carbocycles. The SMILES string of the molecule is O=CCCCCCCCCCC1CCCC1. The Labute approximate surface area is 101 Å². The van der Waals surface area contributed by atoms with Gasteiger partial charge in [-0.3, -0.25) is 0 Å². The fraction of sp³-hybridized carbons (Fsp3) is 0.933. The van der Waals surface area contributed by atoms with Crippen LogP contribution in [0, 0.1) is 5.92 Å². The van der Waals surface area contributed by atoms with Crippen LogP contribution in [0.1, 0.15) is 83.5 Å². The number of carbonyl (C=O) groups excluding carboxylic acids is 1. The maximum Gasteiger partial charge on any atom is 0.119 e. The first-order chi connectivity index (χ1) is 7.93. The van der Waals surface area contributed by atoms with Gasteiger partial charge in [-0.2, -0.15) is 0 Å². The van der Waals surface area contributed by atoms with Crippen molar-refractivity contribution in [2.75, 3.05) is 0 Å². The van der Waals surface area contributed by atoms with E-state index >= 15 is 0 Å². The number of hydrogen-bond donors (Lipinski definition) is 0. The minimum absolute atomic E-state index is 0.766. The maximum atomic E-state index is 10.1. The highest BCUT2D eigenvalue weighted by molar-refractivity contribution is 5.48. The Morgan fingerprint density at radius 2 is 1.38 bits per heavy atom. The lowest BCUT2D eigenvalue weighted by molar-refractivity contribution is -0.107. The Bertz CT molecular complexity index is 159. The zero-order valence-electron chi connectivity index (χ0n) is 10.8. The van der Waals surface area contributed by atoms with E-state index in [0.29, 0.717) is 0 Å². The van der Waals surface area contributed by atoms with Crippen LogP contribution >= 0.6 is 0 Å². The Morgan fingerprint density at radius 3 is 2.00 bits per heavy atom. The lowest BCUT2D eigenvalue weighted by Gasteiger charge is -2.07. The molecular formula is C15H28O. The molecule has 0 aromatic rings. The van der Waals surface area contributed by atoms with Gasteiger partial charge in [0.25, 0.3) is 0 Å². The molecule has 0 heterocycles. The summed E-state index contributed by atoms with van der Waals surface area (Å²) >= 11 is 0. The molecule has 1 saturated carbocycles. The highest BCUT2D eigenvalue weighted by atomic mass is 16.1. The fourth-order valence-corrected chi connectivity index (χ4v) is 2.84. The first-order valence-corrected chi connectivity index (χ1v) is 7.37. The molecule has 1 aliphatic rings. The van der Waals surface area contributed by atoms with E-state index in [1.807, 2.05) is 0 Å². The van der Waals surface area contributed by atoms with Crippen LogP contribution in [0.25, 0.3) is 0 Å². The molecule has 0 aliphatic heterocycles. The van der Waals surface area contributed by atoms with Gasteiger partial charge in [0.15, 0.2) is 0 Å². The van der Waals surface area contributed by atoms with E-state index in [-0.39, 0.29) is 0 Å². The molecule has 0 radical (unpaired) electrons. The Kier molecular flexibility index (Phi) is 8.47. The van der Waals surface area contributed by atoms with Gasteiger partial charge in [-0.25, -0.2) is 0 Å². The zero-order valence-corrected chi connectivity index (χ0v) is 10.8. The van der Waals surface area contributed by atoms with Crippen molar-refractivity contribution >= 4 is 6.29 Å². The molecule has 0 atom stereocenters. The van der Waals surface area contributed by atoms with E-state index in [1.165, 1.54) is 70.6 Å². The number of hydrogen-bond acceptors (Lipinski definition) is 1. The molecule has 0 spiro atoms. The molecule has 0 saturated heterocycles. The van der Waals surface area contributed by atoms with E-state index in [0.717, 1.165) is 25.0 Å². The van der Waals surface area contributed by atoms with E-state index in [2.05, 4.69) is 0 Å². The van der Waals surface area contributed by atoms with Crippen LogP contribution in [0.5, 0.6) is 0 Å². The molecule has 0 amide bonds. The molecule has 0 aromatic heterocycles. The van der Waals surface area contributed by atoms with Crippen LogP contribution in [0.3, 0.4) is 0 Å². The van der Waals surface area contributed by atoms with E-state index < -0.39 is 0 Å². The van der Waals surface area contributed by atoms with Crippen molar-refractivity contribution in [3.8, 4) is 0 Å². The monoisotopic (exact) mass is 224 g/mol. The minimum Gasteiger partial charge on any atom is -0.303 e. The van der Waals surface area contributed by atoms with Crippen molar-refractivity contribution in [3.05, 3.63) is 0 Å². The Morgan fingerprint density at radius 1 is 0.812 bits per heavy atom. The third-order valence-corrected chi connectivity index (χ3v) is 3.91. The topological polar surface area (TPSA) is 17.1 Å². The van der Waals surface area contributed by atoms with Crippen molar-refractivity contribution in [1.82, 2.24) is 0 Å². The van der Waals surface area contributed by atoms with Crippen molar-refractivity contribution in [2.24, 2.45) is 5.92 Å². The van der Waals surface area contributed by atoms with Gasteiger partial charge in [0.2, 0.25) is 0 Å². The van der Waals surface area contributed by atoms with Gasteiger partial charge in [0.05, 0.1) is 0 Å². The molecule has 16 heavy (non-hydrogen) atoms. The second-order valence-electron chi connectivity index (χ2n) is 5.37. The first kappa shape index (κ1) is 13.7. The molecule has 0 N–H and O–H groups in total. The van der Waals surface area contributed by atoms with Gasteiger partial charge in [-0.05, 0) is 12.3 Å². The summed E-state index contributed by atoms with van der Waals surface area (Å²) in [4.78, 5) is 10.1. The summed E-state index contributed by atoms with van der Waals surface area (Å²) in [5.74, 6) is 1.08. The van der Waals surface area contributed by atoms with E-state index in [9.17, 15) is 4.79 Å².